The van der Waals surface area contributed by atoms with Crippen LogP contribution < -0.4 is 10.6 Å². The Hall–Kier alpha value is -2.33. The molecule has 0 aliphatic rings. The summed E-state index contributed by atoms with van der Waals surface area (Å²) in [5, 5.41) is 11.4. The van der Waals surface area contributed by atoms with Crippen molar-refractivity contribution in [3.63, 3.8) is 0 Å². The Morgan fingerprint density at radius 3 is 2.65 bits per heavy atom. The Bertz CT molecular complexity index is 923. The first-order valence-corrected chi connectivity index (χ1v) is 10.3. The van der Waals surface area contributed by atoms with Gasteiger partial charge in [0.1, 0.15) is 12.4 Å². The SMILES string of the molecule is CN=C(NCCCOCc1ccco1)NCc1c(C)nn(Cc2ccccc2)c1C.I. The fourth-order valence-corrected chi connectivity index (χ4v) is 3.24. The predicted octanol–water partition coefficient (Wildman–Crippen LogP) is 4.03. The van der Waals surface area contributed by atoms with Crippen molar-refractivity contribution in [1.29, 1.82) is 0 Å². The van der Waals surface area contributed by atoms with Gasteiger partial charge in [-0.05, 0) is 38.0 Å². The second-order valence-electron chi connectivity index (χ2n) is 7.13. The third kappa shape index (κ3) is 7.70. The average Bonchev–Trinajstić information content (AvgIpc) is 3.36. The largest absolute Gasteiger partial charge is 0.467 e. The second-order valence-corrected chi connectivity index (χ2v) is 7.13. The van der Waals surface area contributed by atoms with Gasteiger partial charge in [-0.2, -0.15) is 5.10 Å². The van der Waals surface area contributed by atoms with Crippen LogP contribution in [-0.2, 0) is 24.4 Å². The van der Waals surface area contributed by atoms with Gasteiger partial charge in [0.15, 0.2) is 5.96 Å². The van der Waals surface area contributed by atoms with Gasteiger partial charge in [0.2, 0.25) is 0 Å². The van der Waals surface area contributed by atoms with E-state index < -0.39 is 0 Å². The molecule has 0 saturated carbocycles. The van der Waals surface area contributed by atoms with Crippen molar-refractivity contribution < 1.29 is 9.15 Å². The molecule has 0 unspecified atom stereocenters. The quantitative estimate of drug-likeness (QED) is 0.177. The minimum absolute atomic E-state index is 0. The molecule has 168 valence electrons. The van der Waals surface area contributed by atoms with E-state index in [0.717, 1.165) is 36.9 Å². The molecule has 3 rings (SSSR count). The fourth-order valence-electron chi connectivity index (χ4n) is 3.24. The summed E-state index contributed by atoms with van der Waals surface area (Å²) in [5.41, 5.74) is 4.66. The van der Waals surface area contributed by atoms with Gasteiger partial charge in [-0.1, -0.05) is 30.3 Å². The summed E-state index contributed by atoms with van der Waals surface area (Å²) in [6, 6.07) is 14.2. The maximum absolute atomic E-state index is 5.60. The van der Waals surface area contributed by atoms with E-state index in [1.807, 2.05) is 18.2 Å². The topological polar surface area (TPSA) is 76.6 Å². The number of benzene rings is 1. The average molecular weight is 537 g/mol. The molecular formula is C23H32IN5O2. The Morgan fingerprint density at radius 2 is 1.94 bits per heavy atom. The fraction of sp³-hybridized carbons (Fsp3) is 0.391. The summed E-state index contributed by atoms with van der Waals surface area (Å²) < 4.78 is 12.9. The number of aromatic nitrogens is 2. The van der Waals surface area contributed by atoms with Crippen LogP contribution in [0.1, 0.15) is 34.7 Å². The highest BCUT2D eigenvalue weighted by atomic mass is 127. The van der Waals surface area contributed by atoms with Gasteiger partial charge >= 0.3 is 0 Å². The van der Waals surface area contributed by atoms with Crippen LogP contribution in [0.4, 0.5) is 0 Å². The van der Waals surface area contributed by atoms with E-state index in [0.29, 0.717) is 19.8 Å². The van der Waals surface area contributed by atoms with Crippen molar-refractivity contribution in [2.75, 3.05) is 20.2 Å². The molecule has 2 aromatic heterocycles. The summed E-state index contributed by atoms with van der Waals surface area (Å²) in [4.78, 5) is 4.31. The van der Waals surface area contributed by atoms with Gasteiger partial charge in [-0.25, -0.2) is 0 Å². The molecule has 0 bridgehead atoms. The first-order valence-electron chi connectivity index (χ1n) is 10.3. The number of nitrogens with zero attached hydrogens (tertiary/aromatic N) is 3. The predicted molar refractivity (Wildman–Crippen MR) is 134 cm³/mol. The standard InChI is InChI=1S/C23H31N5O2.HI/c1-18-22(19(2)28(27-18)16-20-9-5-4-6-10-20)15-26-23(24-3)25-12-8-13-29-17-21-11-7-14-30-21;/h4-7,9-11,14H,8,12-13,15-17H2,1-3H3,(H2,24,25,26);1H. The lowest BCUT2D eigenvalue weighted by molar-refractivity contribution is 0.105. The summed E-state index contributed by atoms with van der Waals surface area (Å²) in [6.07, 6.45) is 2.54. The number of ether oxygens (including phenoxy) is 1. The third-order valence-electron chi connectivity index (χ3n) is 4.95. The Morgan fingerprint density at radius 1 is 1.13 bits per heavy atom. The van der Waals surface area contributed by atoms with Crippen LogP contribution in [0.2, 0.25) is 0 Å². The molecule has 0 aliphatic heterocycles. The van der Waals surface area contributed by atoms with Crippen LogP contribution >= 0.6 is 24.0 Å². The molecule has 0 saturated heterocycles. The summed E-state index contributed by atoms with van der Waals surface area (Å²) >= 11 is 0. The van der Waals surface area contributed by atoms with Crippen LogP contribution in [0.15, 0.2) is 58.1 Å². The van der Waals surface area contributed by atoms with E-state index in [1.54, 1.807) is 13.3 Å². The molecule has 0 fully saturated rings. The zero-order chi connectivity index (χ0) is 21.2. The molecule has 0 spiro atoms. The number of aliphatic imine (C=N–C) groups is 1. The van der Waals surface area contributed by atoms with Gasteiger partial charge in [0, 0.05) is 38.0 Å². The van der Waals surface area contributed by atoms with Crippen molar-refractivity contribution in [2.24, 2.45) is 4.99 Å². The molecule has 0 aliphatic carbocycles. The number of hydrogen-bond donors (Lipinski definition) is 2. The van der Waals surface area contributed by atoms with Crippen molar-refractivity contribution in [3.05, 3.63) is 77.0 Å². The highest BCUT2D eigenvalue weighted by molar-refractivity contribution is 14.0. The lowest BCUT2D eigenvalue weighted by atomic mass is 10.2. The van der Waals surface area contributed by atoms with E-state index in [4.69, 9.17) is 14.3 Å². The van der Waals surface area contributed by atoms with E-state index in [-0.39, 0.29) is 24.0 Å². The van der Waals surface area contributed by atoms with Crippen LogP contribution in [0.25, 0.3) is 0 Å². The first-order chi connectivity index (χ1) is 14.7. The lowest BCUT2D eigenvalue weighted by Crippen LogP contribution is -2.37. The van der Waals surface area contributed by atoms with Crippen LogP contribution in [0, 0.1) is 13.8 Å². The number of aryl methyl sites for hydroxylation is 1. The number of guanidine groups is 1. The lowest BCUT2D eigenvalue weighted by Gasteiger charge is -2.12. The molecule has 2 N–H and O–H groups in total. The summed E-state index contributed by atoms with van der Waals surface area (Å²) in [5.74, 6) is 1.62. The van der Waals surface area contributed by atoms with Crippen LogP contribution in [-0.4, -0.2) is 35.9 Å². The van der Waals surface area contributed by atoms with E-state index in [9.17, 15) is 0 Å². The number of furan rings is 1. The number of rotatable bonds is 10. The molecule has 31 heavy (non-hydrogen) atoms. The van der Waals surface area contributed by atoms with E-state index in [2.05, 4.69) is 58.4 Å². The Labute approximate surface area is 201 Å². The monoisotopic (exact) mass is 537 g/mol. The van der Waals surface area contributed by atoms with Crippen molar-refractivity contribution in [2.45, 2.75) is 40.0 Å². The van der Waals surface area contributed by atoms with Gasteiger partial charge in [0.05, 0.1) is 18.5 Å². The number of hydrogen-bond acceptors (Lipinski definition) is 4. The third-order valence-corrected chi connectivity index (χ3v) is 4.95. The first kappa shape index (κ1) is 24.9. The normalized spacial score (nSPS) is 11.3. The maximum atomic E-state index is 5.60. The summed E-state index contributed by atoms with van der Waals surface area (Å²) in [6.45, 7) is 7.58. The van der Waals surface area contributed by atoms with Crippen molar-refractivity contribution >= 4 is 29.9 Å². The van der Waals surface area contributed by atoms with Crippen molar-refractivity contribution in [1.82, 2.24) is 20.4 Å². The van der Waals surface area contributed by atoms with E-state index in [1.165, 1.54) is 16.8 Å². The Balaban J connectivity index is 0.00000341. The Kier molecular flexibility index (Phi) is 10.6. The summed E-state index contributed by atoms with van der Waals surface area (Å²) in [7, 11) is 1.78. The van der Waals surface area contributed by atoms with Gasteiger partial charge in [-0.15, -0.1) is 24.0 Å². The molecule has 0 atom stereocenters. The zero-order valence-electron chi connectivity index (χ0n) is 18.4. The van der Waals surface area contributed by atoms with Crippen LogP contribution in [0.3, 0.4) is 0 Å². The van der Waals surface area contributed by atoms with Gasteiger partial charge in [-0.3, -0.25) is 9.67 Å². The highest BCUT2D eigenvalue weighted by Crippen LogP contribution is 2.14. The van der Waals surface area contributed by atoms with Crippen molar-refractivity contribution in [3.8, 4) is 0 Å². The highest BCUT2D eigenvalue weighted by Gasteiger charge is 2.12. The molecule has 0 amide bonds. The van der Waals surface area contributed by atoms with Gasteiger partial charge < -0.3 is 19.8 Å². The minimum atomic E-state index is 0. The number of nitrogens with one attached hydrogen (secondary N) is 2. The zero-order valence-corrected chi connectivity index (χ0v) is 20.8. The second kappa shape index (κ2) is 13.2. The van der Waals surface area contributed by atoms with E-state index >= 15 is 0 Å². The maximum Gasteiger partial charge on any atom is 0.191 e. The minimum Gasteiger partial charge on any atom is -0.467 e. The number of halogens is 1. The molecule has 3 aromatic rings. The molecular weight excluding hydrogens is 505 g/mol. The van der Waals surface area contributed by atoms with Gasteiger partial charge in [0.25, 0.3) is 0 Å². The van der Waals surface area contributed by atoms with Crippen LogP contribution in [0.5, 0.6) is 0 Å². The molecule has 0 radical (unpaired) electrons. The molecule has 2 heterocycles. The molecule has 1 aromatic carbocycles. The molecule has 7 nitrogen and oxygen atoms in total. The smallest absolute Gasteiger partial charge is 0.191 e. The molecule has 8 heteroatoms.